The number of nitrogens with one attached hydrogen (secondary N) is 2. The van der Waals surface area contributed by atoms with Crippen molar-refractivity contribution in [1.82, 2.24) is 24.8 Å². The molecule has 0 saturated carbocycles. The normalized spacial score (nSPS) is 11.0. The minimum atomic E-state index is -0.184. The molecule has 0 saturated heterocycles. The van der Waals surface area contributed by atoms with Crippen molar-refractivity contribution < 1.29 is 9.21 Å². The summed E-state index contributed by atoms with van der Waals surface area (Å²) in [7, 11) is 0. The van der Waals surface area contributed by atoms with Gasteiger partial charge in [-0.3, -0.25) is 9.36 Å². The van der Waals surface area contributed by atoms with Gasteiger partial charge in [0.1, 0.15) is 30.1 Å². The van der Waals surface area contributed by atoms with Gasteiger partial charge in [-0.05, 0) is 32.1 Å². The second kappa shape index (κ2) is 8.11. The number of aryl methyl sites for hydroxylation is 1. The van der Waals surface area contributed by atoms with Crippen molar-refractivity contribution in [2.75, 3.05) is 18.4 Å². The number of hydrogen-bond donors (Lipinski definition) is 2. The number of hydrogen-bond acceptors (Lipinski definition) is 6. The van der Waals surface area contributed by atoms with Crippen molar-refractivity contribution in [3.05, 3.63) is 60.3 Å². The van der Waals surface area contributed by atoms with Crippen molar-refractivity contribution in [3.63, 3.8) is 0 Å². The van der Waals surface area contributed by atoms with Crippen LogP contribution in [0.1, 0.15) is 17.1 Å². The summed E-state index contributed by atoms with van der Waals surface area (Å²) < 4.78 is 7.03. The lowest BCUT2D eigenvalue weighted by molar-refractivity contribution is -0.116. The standard InChI is InChI=1S/C18H20N6O2/c1-13-14(2)24(12-23-13)17-10-16(21-11-22-17)19-7-8-20-18(25)6-5-15-4-3-9-26-15/h3-6,9-12H,7-8H2,1-2H3,(H,20,25)(H,19,21,22)/b6-5+. The second-order valence-electron chi connectivity index (χ2n) is 5.61. The number of amides is 1. The number of aromatic nitrogens is 4. The Morgan fingerprint density at radius 2 is 2.15 bits per heavy atom. The van der Waals surface area contributed by atoms with Gasteiger partial charge in [-0.25, -0.2) is 15.0 Å². The van der Waals surface area contributed by atoms with Crippen LogP contribution in [0.25, 0.3) is 11.9 Å². The Labute approximate surface area is 151 Å². The molecule has 134 valence electrons. The Bertz CT molecular complexity index is 898. The molecule has 0 radical (unpaired) electrons. The van der Waals surface area contributed by atoms with Gasteiger partial charge in [-0.15, -0.1) is 0 Å². The number of carbonyl (C=O) groups excluding carboxylic acids is 1. The highest BCUT2D eigenvalue weighted by Gasteiger charge is 2.06. The number of rotatable bonds is 7. The summed E-state index contributed by atoms with van der Waals surface area (Å²) in [5, 5.41) is 5.95. The van der Waals surface area contributed by atoms with Crippen molar-refractivity contribution in [2.45, 2.75) is 13.8 Å². The third-order valence-electron chi connectivity index (χ3n) is 3.82. The fourth-order valence-corrected chi connectivity index (χ4v) is 2.28. The van der Waals surface area contributed by atoms with Crippen LogP contribution in [0.3, 0.4) is 0 Å². The Morgan fingerprint density at radius 1 is 1.27 bits per heavy atom. The van der Waals surface area contributed by atoms with Gasteiger partial charge in [0.15, 0.2) is 0 Å². The van der Waals surface area contributed by atoms with Crippen LogP contribution in [0.15, 0.2) is 47.6 Å². The SMILES string of the molecule is Cc1ncn(-c2cc(NCCNC(=O)/C=C/c3ccco3)ncn2)c1C. The maximum absolute atomic E-state index is 11.7. The van der Waals surface area contributed by atoms with Gasteiger partial charge in [0.2, 0.25) is 5.91 Å². The van der Waals surface area contributed by atoms with E-state index in [1.807, 2.05) is 24.5 Å². The lowest BCUT2D eigenvalue weighted by atomic mass is 10.4. The Hall–Kier alpha value is -3.42. The van der Waals surface area contributed by atoms with Crippen LogP contribution in [-0.4, -0.2) is 38.5 Å². The highest BCUT2D eigenvalue weighted by Crippen LogP contribution is 2.13. The molecule has 3 rings (SSSR count). The van der Waals surface area contributed by atoms with Gasteiger partial charge >= 0.3 is 0 Å². The van der Waals surface area contributed by atoms with Crippen LogP contribution < -0.4 is 10.6 Å². The number of anilines is 1. The van der Waals surface area contributed by atoms with E-state index in [1.165, 1.54) is 12.4 Å². The maximum atomic E-state index is 11.7. The largest absolute Gasteiger partial charge is 0.465 e. The lowest BCUT2D eigenvalue weighted by Crippen LogP contribution is -2.27. The van der Waals surface area contributed by atoms with E-state index in [2.05, 4.69) is 25.6 Å². The third-order valence-corrected chi connectivity index (χ3v) is 3.82. The zero-order valence-corrected chi connectivity index (χ0v) is 14.6. The van der Waals surface area contributed by atoms with E-state index in [-0.39, 0.29) is 5.91 Å². The molecule has 26 heavy (non-hydrogen) atoms. The molecule has 2 N–H and O–H groups in total. The zero-order chi connectivity index (χ0) is 18.4. The van der Waals surface area contributed by atoms with E-state index in [1.54, 1.807) is 30.8 Å². The molecule has 0 aliphatic heterocycles. The minimum Gasteiger partial charge on any atom is -0.465 e. The second-order valence-corrected chi connectivity index (χ2v) is 5.61. The fraction of sp³-hybridized carbons (Fsp3) is 0.222. The topological polar surface area (TPSA) is 97.9 Å². The molecule has 0 fully saturated rings. The molecule has 0 aliphatic carbocycles. The van der Waals surface area contributed by atoms with E-state index in [9.17, 15) is 4.79 Å². The van der Waals surface area contributed by atoms with Crippen LogP contribution in [0, 0.1) is 13.8 Å². The van der Waals surface area contributed by atoms with Gasteiger partial charge in [0, 0.05) is 30.9 Å². The molecular formula is C18H20N6O2. The Balaban J connectivity index is 1.49. The predicted octanol–water partition coefficient (Wildman–Crippen LogP) is 2.11. The fourth-order valence-electron chi connectivity index (χ4n) is 2.28. The van der Waals surface area contributed by atoms with Crippen molar-refractivity contribution >= 4 is 17.8 Å². The number of carbonyl (C=O) groups is 1. The van der Waals surface area contributed by atoms with Gasteiger partial charge in [0.25, 0.3) is 0 Å². The first-order valence-electron chi connectivity index (χ1n) is 8.20. The first kappa shape index (κ1) is 17.4. The average molecular weight is 352 g/mol. The highest BCUT2D eigenvalue weighted by molar-refractivity contribution is 5.91. The number of furan rings is 1. The Morgan fingerprint density at radius 3 is 2.88 bits per heavy atom. The van der Waals surface area contributed by atoms with Crippen LogP contribution in [-0.2, 0) is 4.79 Å². The van der Waals surface area contributed by atoms with Crippen LogP contribution in [0.2, 0.25) is 0 Å². The molecule has 3 aromatic rings. The lowest BCUT2D eigenvalue weighted by Gasteiger charge is -2.08. The molecule has 0 aliphatic rings. The molecule has 3 heterocycles. The summed E-state index contributed by atoms with van der Waals surface area (Å²) in [6, 6.07) is 5.39. The summed E-state index contributed by atoms with van der Waals surface area (Å²) in [5.74, 6) is 1.88. The van der Waals surface area contributed by atoms with Crippen LogP contribution in [0.5, 0.6) is 0 Å². The molecule has 8 heteroatoms. The van der Waals surface area contributed by atoms with E-state index in [0.717, 1.165) is 17.2 Å². The molecule has 1 amide bonds. The molecular weight excluding hydrogens is 332 g/mol. The molecule has 3 aromatic heterocycles. The highest BCUT2D eigenvalue weighted by atomic mass is 16.3. The summed E-state index contributed by atoms with van der Waals surface area (Å²) >= 11 is 0. The first-order valence-corrected chi connectivity index (χ1v) is 8.20. The average Bonchev–Trinajstić information content (AvgIpc) is 3.28. The zero-order valence-electron chi connectivity index (χ0n) is 14.6. The quantitative estimate of drug-likeness (QED) is 0.499. The van der Waals surface area contributed by atoms with Gasteiger partial charge < -0.3 is 15.1 Å². The summed E-state index contributed by atoms with van der Waals surface area (Å²) in [6.45, 7) is 4.95. The minimum absolute atomic E-state index is 0.184. The van der Waals surface area contributed by atoms with Crippen molar-refractivity contribution in [1.29, 1.82) is 0 Å². The monoisotopic (exact) mass is 352 g/mol. The molecule has 0 atom stereocenters. The van der Waals surface area contributed by atoms with Crippen molar-refractivity contribution in [2.24, 2.45) is 0 Å². The molecule has 0 spiro atoms. The third kappa shape index (κ3) is 4.35. The van der Waals surface area contributed by atoms with E-state index in [4.69, 9.17) is 4.42 Å². The summed E-state index contributed by atoms with van der Waals surface area (Å²) in [5.41, 5.74) is 1.99. The van der Waals surface area contributed by atoms with Crippen molar-refractivity contribution in [3.8, 4) is 5.82 Å². The molecule has 0 bridgehead atoms. The summed E-state index contributed by atoms with van der Waals surface area (Å²) in [4.78, 5) is 24.5. The van der Waals surface area contributed by atoms with Gasteiger partial charge in [-0.1, -0.05) is 0 Å². The number of imidazole rings is 1. The predicted molar refractivity (Wildman–Crippen MR) is 97.9 cm³/mol. The molecule has 0 aromatic carbocycles. The van der Waals surface area contributed by atoms with Crippen LogP contribution >= 0.6 is 0 Å². The Kier molecular flexibility index (Phi) is 5.43. The number of nitrogens with zero attached hydrogens (tertiary/aromatic N) is 4. The first-order chi connectivity index (χ1) is 12.6. The van der Waals surface area contributed by atoms with Gasteiger partial charge in [0.05, 0.1) is 12.0 Å². The molecule has 0 unspecified atom stereocenters. The smallest absolute Gasteiger partial charge is 0.244 e. The summed E-state index contributed by atoms with van der Waals surface area (Å²) in [6.07, 6.45) is 7.85. The molecule has 8 nitrogen and oxygen atoms in total. The van der Waals surface area contributed by atoms with Gasteiger partial charge in [-0.2, -0.15) is 0 Å². The van der Waals surface area contributed by atoms with E-state index >= 15 is 0 Å². The van der Waals surface area contributed by atoms with E-state index < -0.39 is 0 Å². The van der Waals surface area contributed by atoms with Crippen LogP contribution in [0.4, 0.5) is 5.82 Å². The van der Waals surface area contributed by atoms with E-state index in [0.29, 0.717) is 24.7 Å². The maximum Gasteiger partial charge on any atom is 0.244 e.